The standard InChI is InChI=1S/C13H18/c1-11-6-5-9-13(11)10-12-7-3-2-4-8-12/h2-4,7-8,11,13H,5-6,9-10H2,1H3/t11-,13?/m0/s1. The number of hydrogen-bond donors (Lipinski definition) is 0. The molecule has 1 unspecified atom stereocenters. The van der Waals surface area contributed by atoms with E-state index in [2.05, 4.69) is 37.3 Å². The van der Waals surface area contributed by atoms with E-state index >= 15 is 0 Å². The molecule has 1 fully saturated rings. The van der Waals surface area contributed by atoms with E-state index in [-0.39, 0.29) is 0 Å². The van der Waals surface area contributed by atoms with Crippen molar-refractivity contribution in [1.82, 2.24) is 0 Å². The van der Waals surface area contributed by atoms with Gasteiger partial charge in [0.1, 0.15) is 0 Å². The third-order valence-corrected chi connectivity index (χ3v) is 3.38. The van der Waals surface area contributed by atoms with Crippen LogP contribution in [0.5, 0.6) is 0 Å². The maximum absolute atomic E-state index is 2.40. The lowest BCUT2D eigenvalue weighted by Gasteiger charge is -2.14. The summed E-state index contributed by atoms with van der Waals surface area (Å²) in [5.74, 6) is 1.89. The van der Waals surface area contributed by atoms with Crippen LogP contribution in [0.1, 0.15) is 31.7 Å². The number of rotatable bonds is 2. The second-order valence-corrected chi connectivity index (χ2v) is 4.36. The van der Waals surface area contributed by atoms with E-state index in [4.69, 9.17) is 0 Å². The summed E-state index contributed by atoms with van der Waals surface area (Å²) >= 11 is 0. The highest BCUT2D eigenvalue weighted by Gasteiger charge is 2.22. The van der Waals surface area contributed by atoms with Gasteiger partial charge in [-0.1, -0.05) is 50.1 Å². The topological polar surface area (TPSA) is 0 Å². The zero-order valence-corrected chi connectivity index (χ0v) is 8.37. The van der Waals surface area contributed by atoms with Gasteiger partial charge in [-0.2, -0.15) is 0 Å². The maximum Gasteiger partial charge on any atom is -0.0248 e. The Bertz CT molecular complexity index is 250. The lowest BCUT2D eigenvalue weighted by Crippen LogP contribution is -2.07. The van der Waals surface area contributed by atoms with Gasteiger partial charge in [0.25, 0.3) is 0 Å². The summed E-state index contributed by atoms with van der Waals surface area (Å²) in [5.41, 5.74) is 1.52. The SMILES string of the molecule is C[C@H]1CCCC1Cc1ccccc1. The summed E-state index contributed by atoms with van der Waals surface area (Å²) in [6.45, 7) is 2.40. The molecule has 70 valence electrons. The third-order valence-electron chi connectivity index (χ3n) is 3.38. The number of benzene rings is 1. The first-order valence-corrected chi connectivity index (χ1v) is 5.40. The van der Waals surface area contributed by atoms with Crippen LogP contribution >= 0.6 is 0 Å². The van der Waals surface area contributed by atoms with Crippen molar-refractivity contribution in [2.45, 2.75) is 32.6 Å². The van der Waals surface area contributed by atoms with Gasteiger partial charge in [-0.15, -0.1) is 0 Å². The first-order valence-electron chi connectivity index (χ1n) is 5.40. The molecule has 1 aliphatic carbocycles. The van der Waals surface area contributed by atoms with E-state index < -0.39 is 0 Å². The Morgan fingerprint density at radius 1 is 1.15 bits per heavy atom. The minimum absolute atomic E-state index is 0.945. The van der Waals surface area contributed by atoms with E-state index in [1.54, 1.807) is 0 Å². The molecule has 0 saturated heterocycles. The van der Waals surface area contributed by atoms with Crippen molar-refractivity contribution >= 4 is 0 Å². The van der Waals surface area contributed by atoms with Crippen molar-refractivity contribution in [3.05, 3.63) is 35.9 Å². The molecule has 0 nitrogen and oxygen atoms in total. The van der Waals surface area contributed by atoms with Crippen molar-refractivity contribution in [1.29, 1.82) is 0 Å². The molecule has 0 aliphatic heterocycles. The van der Waals surface area contributed by atoms with Crippen LogP contribution in [0.4, 0.5) is 0 Å². The van der Waals surface area contributed by atoms with E-state index in [9.17, 15) is 0 Å². The first-order chi connectivity index (χ1) is 6.36. The van der Waals surface area contributed by atoms with Gasteiger partial charge in [-0.25, -0.2) is 0 Å². The minimum atomic E-state index is 0.945. The Morgan fingerprint density at radius 2 is 1.92 bits per heavy atom. The average Bonchev–Trinajstić information content (AvgIpc) is 2.54. The molecule has 0 aromatic heterocycles. The van der Waals surface area contributed by atoms with Gasteiger partial charge < -0.3 is 0 Å². The quantitative estimate of drug-likeness (QED) is 0.641. The molecule has 1 aromatic rings. The van der Waals surface area contributed by atoms with Gasteiger partial charge in [-0.3, -0.25) is 0 Å². The van der Waals surface area contributed by atoms with Crippen molar-refractivity contribution < 1.29 is 0 Å². The third kappa shape index (κ3) is 2.12. The van der Waals surface area contributed by atoms with Crippen LogP contribution < -0.4 is 0 Å². The maximum atomic E-state index is 2.40. The van der Waals surface area contributed by atoms with E-state index in [0.29, 0.717) is 0 Å². The predicted octanol–water partition coefficient (Wildman–Crippen LogP) is 3.67. The molecule has 1 aliphatic rings. The number of hydrogen-bond acceptors (Lipinski definition) is 0. The smallest absolute Gasteiger partial charge is 0.0248 e. The molecular formula is C13H18. The molecule has 0 N–H and O–H groups in total. The molecule has 0 amide bonds. The van der Waals surface area contributed by atoms with Gasteiger partial charge in [0.05, 0.1) is 0 Å². The van der Waals surface area contributed by atoms with Gasteiger partial charge >= 0.3 is 0 Å². The van der Waals surface area contributed by atoms with Crippen LogP contribution in [0.25, 0.3) is 0 Å². The molecule has 0 heterocycles. The summed E-state index contributed by atoms with van der Waals surface area (Å²) in [7, 11) is 0. The van der Waals surface area contributed by atoms with Gasteiger partial charge in [0.2, 0.25) is 0 Å². The van der Waals surface area contributed by atoms with Crippen LogP contribution in [-0.2, 0) is 6.42 Å². The molecular weight excluding hydrogens is 156 g/mol. The molecule has 1 saturated carbocycles. The summed E-state index contributed by atoms with van der Waals surface area (Å²) in [5, 5.41) is 0. The lowest BCUT2D eigenvalue weighted by atomic mass is 9.91. The van der Waals surface area contributed by atoms with Crippen LogP contribution in [0, 0.1) is 11.8 Å². The van der Waals surface area contributed by atoms with Crippen molar-refractivity contribution in [3.63, 3.8) is 0 Å². The normalized spacial score (nSPS) is 27.8. The molecule has 2 rings (SSSR count). The molecule has 0 spiro atoms. The van der Waals surface area contributed by atoms with E-state index in [1.165, 1.54) is 31.2 Å². The summed E-state index contributed by atoms with van der Waals surface area (Å²) in [4.78, 5) is 0. The van der Waals surface area contributed by atoms with Crippen LogP contribution in [0.2, 0.25) is 0 Å². The highest BCUT2D eigenvalue weighted by molar-refractivity contribution is 5.15. The van der Waals surface area contributed by atoms with E-state index in [1.807, 2.05) is 0 Å². The zero-order valence-electron chi connectivity index (χ0n) is 8.37. The highest BCUT2D eigenvalue weighted by atomic mass is 14.3. The van der Waals surface area contributed by atoms with Crippen molar-refractivity contribution in [3.8, 4) is 0 Å². The molecule has 0 radical (unpaired) electrons. The van der Waals surface area contributed by atoms with Gasteiger partial charge in [0, 0.05) is 0 Å². The average molecular weight is 174 g/mol. The second kappa shape index (κ2) is 3.95. The summed E-state index contributed by atoms with van der Waals surface area (Å²) in [6, 6.07) is 10.9. The van der Waals surface area contributed by atoms with Crippen LogP contribution in [-0.4, -0.2) is 0 Å². The van der Waals surface area contributed by atoms with Gasteiger partial charge in [-0.05, 0) is 30.2 Å². The largest absolute Gasteiger partial charge is 0.0622 e. The Labute approximate surface area is 81.0 Å². The fraction of sp³-hybridized carbons (Fsp3) is 0.538. The molecule has 0 heteroatoms. The first kappa shape index (κ1) is 8.80. The van der Waals surface area contributed by atoms with Crippen molar-refractivity contribution in [2.24, 2.45) is 11.8 Å². The Kier molecular flexibility index (Phi) is 2.68. The molecule has 13 heavy (non-hydrogen) atoms. The summed E-state index contributed by atoms with van der Waals surface area (Å²) in [6.07, 6.45) is 5.62. The summed E-state index contributed by atoms with van der Waals surface area (Å²) < 4.78 is 0. The van der Waals surface area contributed by atoms with Gasteiger partial charge in [0.15, 0.2) is 0 Å². The Balaban J connectivity index is 1.98. The van der Waals surface area contributed by atoms with Crippen LogP contribution in [0.15, 0.2) is 30.3 Å². The Hall–Kier alpha value is -0.780. The van der Waals surface area contributed by atoms with Crippen molar-refractivity contribution in [2.75, 3.05) is 0 Å². The Morgan fingerprint density at radius 3 is 2.54 bits per heavy atom. The lowest BCUT2D eigenvalue weighted by molar-refractivity contribution is 0.417. The van der Waals surface area contributed by atoms with Crippen LogP contribution in [0.3, 0.4) is 0 Å². The monoisotopic (exact) mass is 174 g/mol. The molecule has 1 aromatic carbocycles. The second-order valence-electron chi connectivity index (χ2n) is 4.36. The minimum Gasteiger partial charge on any atom is -0.0622 e. The fourth-order valence-corrected chi connectivity index (χ4v) is 2.44. The predicted molar refractivity (Wildman–Crippen MR) is 56.7 cm³/mol. The highest BCUT2D eigenvalue weighted by Crippen LogP contribution is 2.33. The van der Waals surface area contributed by atoms with E-state index in [0.717, 1.165) is 11.8 Å². The molecule has 0 bridgehead atoms. The fourth-order valence-electron chi connectivity index (χ4n) is 2.44. The molecule has 2 atom stereocenters. The zero-order chi connectivity index (χ0) is 9.10.